The van der Waals surface area contributed by atoms with Crippen molar-refractivity contribution in [3.05, 3.63) is 47.0 Å². The lowest BCUT2D eigenvalue weighted by Crippen LogP contribution is -2.11. The van der Waals surface area contributed by atoms with Crippen LogP contribution in [0.5, 0.6) is 11.5 Å². The summed E-state index contributed by atoms with van der Waals surface area (Å²) in [6.07, 6.45) is 11.2. The van der Waals surface area contributed by atoms with Gasteiger partial charge in [-0.15, -0.1) is 0 Å². The number of halogens is 2. The maximum absolute atomic E-state index is 15.1. The van der Waals surface area contributed by atoms with Crippen LogP contribution in [-0.4, -0.2) is 13.2 Å². The van der Waals surface area contributed by atoms with Crippen LogP contribution < -0.4 is 9.47 Å². The minimum Gasteiger partial charge on any atom is -0.491 e. The molecule has 1 aliphatic rings. The van der Waals surface area contributed by atoms with E-state index >= 15 is 4.39 Å². The Labute approximate surface area is 186 Å². The van der Waals surface area contributed by atoms with Crippen molar-refractivity contribution in [1.82, 2.24) is 0 Å². The predicted molar refractivity (Wildman–Crippen MR) is 123 cm³/mol. The molecule has 31 heavy (non-hydrogen) atoms. The zero-order chi connectivity index (χ0) is 22.1. The van der Waals surface area contributed by atoms with E-state index < -0.39 is 0 Å². The minimum atomic E-state index is -0.307. The van der Waals surface area contributed by atoms with E-state index in [9.17, 15) is 4.39 Å². The normalized spacial score (nSPS) is 12.4. The van der Waals surface area contributed by atoms with Gasteiger partial charge in [-0.25, -0.2) is 8.78 Å². The quantitative estimate of drug-likeness (QED) is 0.299. The van der Waals surface area contributed by atoms with Gasteiger partial charge in [-0.05, 0) is 60.1 Å². The predicted octanol–water partition coefficient (Wildman–Crippen LogP) is 8.04. The summed E-state index contributed by atoms with van der Waals surface area (Å²) >= 11 is 0. The molecule has 0 aliphatic heterocycles. The van der Waals surface area contributed by atoms with E-state index in [-0.39, 0.29) is 11.6 Å². The van der Waals surface area contributed by atoms with E-state index in [0.717, 1.165) is 36.8 Å². The molecule has 0 heterocycles. The molecule has 0 spiro atoms. The molecular weight excluding hydrogens is 394 g/mol. The van der Waals surface area contributed by atoms with Crippen molar-refractivity contribution < 1.29 is 18.3 Å². The first-order valence-corrected chi connectivity index (χ1v) is 12.1. The number of benzene rings is 2. The van der Waals surface area contributed by atoms with Crippen LogP contribution in [0.2, 0.25) is 0 Å². The first-order valence-electron chi connectivity index (χ1n) is 12.1. The molecule has 0 amide bonds. The third-order valence-corrected chi connectivity index (χ3v) is 6.09. The molecule has 0 atom stereocenters. The summed E-state index contributed by atoms with van der Waals surface area (Å²) in [4.78, 5) is 0. The topological polar surface area (TPSA) is 18.5 Å². The van der Waals surface area contributed by atoms with Gasteiger partial charge in [-0.3, -0.25) is 0 Å². The Morgan fingerprint density at radius 3 is 1.58 bits per heavy atom. The second-order valence-electron chi connectivity index (χ2n) is 8.48. The maximum atomic E-state index is 15.1. The number of unbranched alkanes of at least 4 members (excludes halogenated alkanes) is 7. The number of hydrogen-bond acceptors (Lipinski definition) is 2. The molecule has 170 valence electrons. The molecule has 0 saturated carbocycles. The van der Waals surface area contributed by atoms with E-state index in [1.807, 2.05) is 12.1 Å². The fourth-order valence-electron chi connectivity index (χ4n) is 4.23. The molecule has 0 bridgehead atoms. The third-order valence-electron chi connectivity index (χ3n) is 6.09. The van der Waals surface area contributed by atoms with Crippen molar-refractivity contribution >= 4 is 0 Å². The van der Waals surface area contributed by atoms with Crippen molar-refractivity contribution in [2.75, 3.05) is 13.2 Å². The van der Waals surface area contributed by atoms with Crippen molar-refractivity contribution in [2.45, 2.75) is 84.5 Å². The van der Waals surface area contributed by atoms with Crippen molar-refractivity contribution in [2.24, 2.45) is 0 Å². The molecule has 0 aromatic heterocycles. The molecule has 4 heteroatoms. The first kappa shape index (κ1) is 23.6. The van der Waals surface area contributed by atoms with Crippen LogP contribution in [0, 0.1) is 11.6 Å². The van der Waals surface area contributed by atoms with E-state index in [2.05, 4.69) is 13.8 Å². The van der Waals surface area contributed by atoms with E-state index in [0.29, 0.717) is 48.7 Å². The Hall–Kier alpha value is -2.10. The van der Waals surface area contributed by atoms with Crippen molar-refractivity contribution in [3.8, 4) is 22.6 Å². The van der Waals surface area contributed by atoms with E-state index in [1.165, 1.54) is 32.1 Å². The highest BCUT2D eigenvalue weighted by atomic mass is 19.1. The molecule has 2 aromatic rings. The zero-order valence-corrected chi connectivity index (χ0v) is 19.1. The number of fused-ring (bicyclic) bond motifs is 3. The summed E-state index contributed by atoms with van der Waals surface area (Å²) in [6.45, 7) is 5.34. The van der Waals surface area contributed by atoms with E-state index in [4.69, 9.17) is 9.47 Å². The summed E-state index contributed by atoms with van der Waals surface area (Å²) in [5.41, 5.74) is 2.78. The van der Waals surface area contributed by atoms with Gasteiger partial charge < -0.3 is 9.47 Å². The molecule has 2 aromatic carbocycles. The lowest BCUT2D eigenvalue weighted by Gasteiger charge is -2.23. The molecule has 0 saturated heterocycles. The molecule has 0 unspecified atom stereocenters. The lowest BCUT2D eigenvalue weighted by atomic mass is 9.84. The summed E-state index contributed by atoms with van der Waals surface area (Å²) in [5.74, 6) is 0.00708. The van der Waals surface area contributed by atoms with Crippen LogP contribution in [0.25, 0.3) is 11.1 Å². The van der Waals surface area contributed by atoms with Crippen LogP contribution in [0.15, 0.2) is 24.3 Å². The molecule has 0 N–H and O–H groups in total. The monoisotopic (exact) mass is 430 g/mol. The highest BCUT2D eigenvalue weighted by Gasteiger charge is 2.25. The average molecular weight is 431 g/mol. The zero-order valence-electron chi connectivity index (χ0n) is 19.1. The molecule has 2 nitrogen and oxygen atoms in total. The largest absolute Gasteiger partial charge is 0.491 e. The second-order valence-corrected chi connectivity index (χ2v) is 8.48. The lowest BCUT2D eigenvalue weighted by molar-refractivity contribution is 0.288. The summed E-state index contributed by atoms with van der Waals surface area (Å²) < 4.78 is 41.4. The van der Waals surface area contributed by atoms with E-state index in [1.54, 1.807) is 12.1 Å². The molecular formula is C27H36F2O2. The fourth-order valence-corrected chi connectivity index (χ4v) is 4.23. The smallest absolute Gasteiger partial charge is 0.168 e. The first-order chi connectivity index (χ1) is 15.2. The van der Waals surface area contributed by atoms with Gasteiger partial charge in [-0.2, -0.15) is 0 Å². The Morgan fingerprint density at radius 1 is 0.613 bits per heavy atom. The van der Waals surface area contributed by atoms with Gasteiger partial charge in [0.05, 0.1) is 13.2 Å². The number of rotatable bonds is 13. The average Bonchev–Trinajstić information content (AvgIpc) is 2.78. The van der Waals surface area contributed by atoms with Crippen LogP contribution >= 0.6 is 0 Å². The van der Waals surface area contributed by atoms with Gasteiger partial charge in [0, 0.05) is 0 Å². The van der Waals surface area contributed by atoms with Crippen molar-refractivity contribution in [3.63, 3.8) is 0 Å². The van der Waals surface area contributed by atoms with Crippen LogP contribution in [0.3, 0.4) is 0 Å². The fraction of sp³-hybridized carbons (Fsp3) is 0.556. The third kappa shape index (κ3) is 5.99. The SMILES string of the molecule is CCCCCCCCCOc1ccc2c(c1F)CCc1c-2ccc(OCCCC)c1F. The highest BCUT2D eigenvalue weighted by molar-refractivity contribution is 5.75. The van der Waals surface area contributed by atoms with Gasteiger partial charge in [0.15, 0.2) is 23.1 Å². The Morgan fingerprint density at radius 2 is 1.06 bits per heavy atom. The molecule has 0 fully saturated rings. The summed E-state index contributed by atoms with van der Waals surface area (Å²) in [7, 11) is 0. The molecule has 3 rings (SSSR count). The van der Waals surface area contributed by atoms with Gasteiger partial charge in [-0.1, -0.05) is 70.9 Å². The summed E-state index contributed by atoms with van der Waals surface area (Å²) in [5, 5.41) is 0. The van der Waals surface area contributed by atoms with Gasteiger partial charge >= 0.3 is 0 Å². The molecule has 1 aliphatic carbocycles. The van der Waals surface area contributed by atoms with Crippen LogP contribution in [-0.2, 0) is 12.8 Å². The van der Waals surface area contributed by atoms with Crippen LogP contribution in [0.1, 0.15) is 82.8 Å². The number of hydrogen-bond donors (Lipinski definition) is 0. The summed E-state index contributed by atoms with van der Waals surface area (Å²) in [6, 6.07) is 7.08. The van der Waals surface area contributed by atoms with Gasteiger partial charge in [0.1, 0.15) is 0 Å². The second kappa shape index (κ2) is 12.1. The Bertz CT molecular complexity index is 848. The number of ether oxygens (including phenoxy) is 2. The highest BCUT2D eigenvalue weighted by Crippen LogP contribution is 2.40. The van der Waals surface area contributed by atoms with Gasteiger partial charge in [0.25, 0.3) is 0 Å². The van der Waals surface area contributed by atoms with Crippen molar-refractivity contribution in [1.29, 1.82) is 0 Å². The standard InChI is InChI=1S/C27H36F2O2/c1-3-5-7-8-9-10-11-19-31-25-17-15-21-20-14-16-24(30-18-6-4-2)26(28)22(20)12-13-23(21)27(25)29/h14-17H,3-13,18-19H2,1-2H3. The van der Waals surface area contributed by atoms with Crippen LogP contribution in [0.4, 0.5) is 8.78 Å². The van der Waals surface area contributed by atoms with Gasteiger partial charge in [0.2, 0.25) is 0 Å². The molecule has 0 radical (unpaired) electrons. The maximum Gasteiger partial charge on any atom is 0.168 e. The minimum absolute atomic E-state index is 0.297. The Balaban J connectivity index is 1.62. The Kier molecular flexibility index (Phi) is 9.17.